The fourth-order valence-corrected chi connectivity index (χ4v) is 2.53. The van der Waals surface area contributed by atoms with Crippen LogP contribution in [0.15, 0.2) is 0 Å². The molecule has 1 aliphatic heterocycles. The van der Waals surface area contributed by atoms with Gasteiger partial charge in [-0.1, -0.05) is 27.7 Å². The maximum Gasteiger partial charge on any atom is 0.242 e. The topological polar surface area (TPSA) is 75.4 Å². The highest BCUT2D eigenvalue weighted by Gasteiger charge is 2.31. The van der Waals surface area contributed by atoms with E-state index >= 15 is 0 Å². The van der Waals surface area contributed by atoms with E-state index in [4.69, 9.17) is 5.73 Å². The Hall–Kier alpha value is -1.10. The van der Waals surface area contributed by atoms with Crippen LogP contribution in [0.25, 0.3) is 0 Å². The van der Waals surface area contributed by atoms with E-state index in [0.717, 1.165) is 19.4 Å². The Labute approximate surface area is 115 Å². The predicted octanol–water partition coefficient (Wildman–Crippen LogP) is 0.733. The van der Waals surface area contributed by atoms with E-state index in [9.17, 15) is 9.59 Å². The van der Waals surface area contributed by atoms with Gasteiger partial charge in [-0.05, 0) is 24.7 Å². The standard InChI is InChI=1S/C14H27N3O2/c1-5-11-6-10(4)8-17(11)12(18)7-16-14(19)13(15)9(2)3/h9-11,13H,5-8,15H2,1-4H3,(H,16,19)/t10?,11?,13-/m0/s1. The fourth-order valence-electron chi connectivity index (χ4n) is 2.53. The molecule has 2 unspecified atom stereocenters. The first kappa shape index (κ1) is 16.0. The van der Waals surface area contributed by atoms with Crippen LogP contribution < -0.4 is 11.1 Å². The number of carbonyl (C=O) groups excluding carboxylic acids is 2. The van der Waals surface area contributed by atoms with Crippen LogP contribution in [0.5, 0.6) is 0 Å². The molecule has 0 radical (unpaired) electrons. The van der Waals surface area contributed by atoms with E-state index in [-0.39, 0.29) is 24.3 Å². The van der Waals surface area contributed by atoms with Crippen LogP contribution in [-0.2, 0) is 9.59 Å². The van der Waals surface area contributed by atoms with Crippen molar-refractivity contribution in [3.63, 3.8) is 0 Å². The van der Waals surface area contributed by atoms with E-state index in [2.05, 4.69) is 19.2 Å². The molecule has 5 nitrogen and oxygen atoms in total. The average molecular weight is 269 g/mol. The van der Waals surface area contributed by atoms with Crippen LogP contribution in [-0.4, -0.2) is 41.9 Å². The van der Waals surface area contributed by atoms with Crippen molar-refractivity contribution in [3.05, 3.63) is 0 Å². The second-order valence-electron chi connectivity index (χ2n) is 5.94. The van der Waals surface area contributed by atoms with Crippen molar-refractivity contribution in [1.29, 1.82) is 0 Å². The number of nitrogens with one attached hydrogen (secondary N) is 1. The third kappa shape index (κ3) is 4.20. The van der Waals surface area contributed by atoms with Gasteiger partial charge in [0, 0.05) is 12.6 Å². The van der Waals surface area contributed by atoms with Gasteiger partial charge >= 0.3 is 0 Å². The summed E-state index contributed by atoms with van der Waals surface area (Å²) in [7, 11) is 0. The van der Waals surface area contributed by atoms with Gasteiger partial charge in [0.25, 0.3) is 0 Å². The first-order valence-electron chi connectivity index (χ1n) is 7.19. The molecule has 0 aromatic rings. The van der Waals surface area contributed by atoms with E-state index in [1.54, 1.807) is 0 Å². The molecule has 5 heteroatoms. The van der Waals surface area contributed by atoms with Crippen LogP contribution in [0.2, 0.25) is 0 Å². The van der Waals surface area contributed by atoms with Crippen molar-refractivity contribution < 1.29 is 9.59 Å². The number of hydrogen-bond acceptors (Lipinski definition) is 3. The molecule has 1 aliphatic rings. The molecule has 1 heterocycles. The maximum atomic E-state index is 12.1. The Bertz CT molecular complexity index is 331. The molecule has 1 fully saturated rings. The zero-order valence-electron chi connectivity index (χ0n) is 12.5. The second-order valence-corrected chi connectivity index (χ2v) is 5.94. The first-order chi connectivity index (χ1) is 8.86. The molecule has 0 bridgehead atoms. The third-order valence-corrected chi connectivity index (χ3v) is 3.85. The SMILES string of the molecule is CCC1CC(C)CN1C(=O)CNC(=O)[C@@H](N)C(C)C. The van der Waals surface area contributed by atoms with Crippen LogP contribution in [0.3, 0.4) is 0 Å². The number of rotatable bonds is 5. The van der Waals surface area contributed by atoms with Crippen molar-refractivity contribution in [1.82, 2.24) is 10.2 Å². The lowest BCUT2D eigenvalue weighted by Crippen LogP contribution is -2.48. The lowest BCUT2D eigenvalue weighted by atomic mass is 10.1. The predicted molar refractivity (Wildman–Crippen MR) is 75.4 cm³/mol. The number of carbonyl (C=O) groups is 2. The summed E-state index contributed by atoms with van der Waals surface area (Å²) < 4.78 is 0. The lowest BCUT2D eigenvalue weighted by Gasteiger charge is -2.24. The minimum Gasteiger partial charge on any atom is -0.346 e. The molecule has 0 aliphatic carbocycles. The minimum absolute atomic E-state index is 0.000469. The lowest BCUT2D eigenvalue weighted by molar-refractivity contribution is -0.134. The highest BCUT2D eigenvalue weighted by molar-refractivity contribution is 5.87. The maximum absolute atomic E-state index is 12.1. The molecular formula is C14H27N3O2. The van der Waals surface area contributed by atoms with Gasteiger partial charge in [-0.15, -0.1) is 0 Å². The van der Waals surface area contributed by atoms with Gasteiger partial charge in [0.05, 0.1) is 12.6 Å². The van der Waals surface area contributed by atoms with E-state index < -0.39 is 6.04 Å². The molecule has 0 aromatic carbocycles. The molecule has 0 aromatic heterocycles. The van der Waals surface area contributed by atoms with Crippen LogP contribution in [0.4, 0.5) is 0 Å². The van der Waals surface area contributed by atoms with Crippen LogP contribution in [0, 0.1) is 11.8 Å². The molecule has 2 amide bonds. The van der Waals surface area contributed by atoms with Gasteiger partial charge in [-0.2, -0.15) is 0 Å². The summed E-state index contributed by atoms with van der Waals surface area (Å²) >= 11 is 0. The van der Waals surface area contributed by atoms with E-state index in [1.165, 1.54) is 0 Å². The first-order valence-corrected chi connectivity index (χ1v) is 7.19. The highest BCUT2D eigenvalue weighted by atomic mass is 16.2. The number of nitrogens with zero attached hydrogens (tertiary/aromatic N) is 1. The molecule has 19 heavy (non-hydrogen) atoms. The minimum atomic E-state index is -0.549. The van der Waals surface area contributed by atoms with Crippen molar-refractivity contribution in [2.75, 3.05) is 13.1 Å². The quantitative estimate of drug-likeness (QED) is 0.772. The summed E-state index contributed by atoms with van der Waals surface area (Å²) in [6.45, 7) is 8.88. The summed E-state index contributed by atoms with van der Waals surface area (Å²) in [5.41, 5.74) is 5.74. The molecule has 110 valence electrons. The van der Waals surface area contributed by atoms with Gasteiger partial charge in [-0.3, -0.25) is 9.59 Å². The van der Waals surface area contributed by atoms with Crippen molar-refractivity contribution in [3.8, 4) is 0 Å². The van der Waals surface area contributed by atoms with Gasteiger partial charge in [0.1, 0.15) is 0 Å². The van der Waals surface area contributed by atoms with Gasteiger partial charge < -0.3 is 16.0 Å². The Morgan fingerprint density at radius 2 is 2.05 bits per heavy atom. The van der Waals surface area contributed by atoms with Crippen LogP contribution >= 0.6 is 0 Å². The Morgan fingerprint density at radius 1 is 1.42 bits per heavy atom. The average Bonchev–Trinajstić information content (AvgIpc) is 2.75. The molecule has 3 N–H and O–H groups in total. The Balaban J connectivity index is 2.45. The molecular weight excluding hydrogens is 242 g/mol. The summed E-state index contributed by atoms with van der Waals surface area (Å²) in [6.07, 6.45) is 2.03. The van der Waals surface area contributed by atoms with E-state index in [0.29, 0.717) is 12.0 Å². The normalized spacial score (nSPS) is 24.6. The largest absolute Gasteiger partial charge is 0.346 e. The molecule has 0 saturated carbocycles. The van der Waals surface area contributed by atoms with Gasteiger partial charge in [0.15, 0.2) is 0 Å². The second kappa shape index (κ2) is 6.89. The number of amides is 2. The molecule has 1 saturated heterocycles. The summed E-state index contributed by atoms with van der Waals surface area (Å²) in [5.74, 6) is 0.372. The fraction of sp³-hybridized carbons (Fsp3) is 0.857. The monoisotopic (exact) mass is 269 g/mol. The van der Waals surface area contributed by atoms with Crippen LogP contribution in [0.1, 0.15) is 40.5 Å². The van der Waals surface area contributed by atoms with Crippen molar-refractivity contribution >= 4 is 11.8 Å². The summed E-state index contributed by atoms with van der Waals surface area (Å²) in [5, 5.41) is 2.64. The highest BCUT2D eigenvalue weighted by Crippen LogP contribution is 2.24. The summed E-state index contributed by atoms with van der Waals surface area (Å²) in [4.78, 5) is 25.7. The smallest absolute Gasteiger partial charge is 0.242 e. The number of likely N-dealkylation sites (tertiary alicyclic amines) is 1. The van der Waals surface area contributed by atoms with Gasteiger partial charge in [0.2, 0.25) is 11.8 Å². The van der Waals surface area contributed by atoms with Crippen molar-refractivity contribution in [2.45, 2.75) is 52.6 Å². The molecule has 3 atom stereocenters. The Morgan fingerprint density at radius 3 is 2.58 bits per heavy atom. The third-order valence-electron chi connectivity index (χ3n) is 3.85. The van der Waals surface area contributed by atoms with Gasteiger partial charge in [-0.25, -0.2) is 0 Å². The number of nitrogens with two attached hydrogens (primary N) is 1. The molecule has 1 rings (SSSR count). The molecule has 0 spiro atoms. The van der Waals surface area contributed by atoms with E-state index in [1.807, 2.05) is 18.7 Å². The number of hydrogen-bond donors (Lipinski definition) is 2. The zero-order chi connectivity index (χ0) is 14.6. The summed E-state index contributed by atoms with van der Waals surface area (Å²) in [6, 6.07) is -0.231. The zero-order valence-corrected chi connectivity index (χ0v) is 12.5. The Kier molecular flexibility index (Phi) is 5.79. The van der Waals surface area contributed by atoms with Crippen molar-refractivity contribution in [2.24, 2.45) is 17.6 Å².